The molecule has 49 heavy (non-hydrogen) atoms. The minimum atomic E-state index is 0.00534. The minimum Gasteiger partial charge on any atom is -0.334 e. The Morgan fingerprint density at radius 3 is 2.31 bits per heavy atom. The van der Waals surface area contributed by atoms with Gasteiger partial charge in [0.1, 0.15) is 0 Å². The van der Waals surface area contributed by atoms with Gasteiger partial charge >= 0.3 is 0 Å². The molecule has 0 aliphatic heterocycles. The van der Waals surface area contributed by atoms with Gasteiger partial charge in [-0.1, -0.05) is 124 Å². The summed E-state index contributed by atoms with van der Waals surface area (Å²) in [5.41, 5.74) is 14.9. The fourth-order valence-electron chi connectivity index (χ4n) is 7.92. The molecular weight excluding hydrogens is 593 g/mol. The number of anilines is 1. The van der Waals surface area contributed by atoms with Crippen LogP contribution in [-0.4, -0.2) is 10.6 Å². The Hall–Kier alpha value is -5.60. The number of para-hydroxylation sites is 1. The van der Waals surface area contributed by atoms with E-state index < -0.39 is 0 Å². The van der Waals surface area contributed by atoms with Gasteiger partial charge in [0.25, 0.3) is 0 Å². The normalized spacial score (nSPS) is 16.8. The topological polar surface area (TPSA) is 8.17 Å². The summed E-state index contributed by atoms with van der Waals surface area (Å²) in [5, 5.41) is 1.21. The quantitative estimate of drug-likeness (QED) is 0.146. The number of fused-ring (bicyclic) bond motifs is 3. The number of nitrogens with zero attached hydrogens (tertiary/aromatic N) is 2. The van der Waals surface area contributed by atoms with E-state index in [1.807, 2.05) is 12.2 Å². The SMILES string of the molecule is C=C/C=C(\C=C/C)N(c1ccc(-c2ccc3c(c2)c(/C=C\C)c(C=C)n3-c2ccccc2)cc1)C1C=CC2=C(C1)c1ccccc1C2(C)C. The Labute approximate surface area is 291 Å². The van der Waals surface area contributed by atoms with E-state index in [-0.39, 0.29) is 11.5 Å². The Kier molecular flexibility index (Phi) is 8.57. The number of allylic oxidation sites excluding steroid dienone is 7. The zero-order valence-corrected chi connectivity index (χ0v) is 29.0. The van der Waals surface area contributed by atoms with E-state index in [1.165, 1.54) is 49.9 Å². The second kappa shape index (κ2) is 13.1. The molecule has 1 unspecified atom stereocenters. The maximum Gasteiger partial charge on any atom is 0.0566 e. The molecule has 0 spiro atoms. The number of rotatable bonds is 9. The lowest BCUT2D eigenvalue weighted by Crippen LogP contribution is -2.34. The molecule has 5 aromatic rings. The van der Waals surface area contributed by atoms with Gasteiger partial charge in [-0.3, -0.25) is 0 Å². The summed E-state index contributed by atoms with van der Waals surface area (Å²) in [4.78, 5) is 2.46. The summed E-state index contributed by atoms with van der Waals surface area (Å²) in [7, 11) is 0. The molecule has 7 rings (SSSR count). The maximum absolute atomic E-state index is 4.19. The van der Waals surface area contributed by atoms with Crippen molar-refractivity contribution < 1.29 is 0 Å². The van der Waals surface area contributed by atoms with Gasteiger partial charge in [-0.25, -0.2) is 0 Å². The van der Waals surface area contributed by atoms with Crippen LogP contribution >= 0.6 is 0 Å². The van der Waals surface area contributed by atoms with Crippen LogP contribution in [0.25, 0.3) is 45.4 Å². The van der Waals surface area contributed by atoms with Crippen LogP contribution in [-0.2, 0) is 5.41 Å². The van der Waals surface area contributed by atoms with Crippen molar-refractivity contribution in [3.8, 4) is 16.8 Å². The van der Waals surface area contributed by atoms with Crippen molar-refractivity contribution in [1.82, 2.24) is 4.57 Å². The van der Waals surface area contributed by atoms with Crippen LogP contribution in [0.1, 0.15) is 56.5 Å². The fourth-order valence-corrected chi connectivity index (χ4v) is 7.92. The first kappa shape index (κ1) is 32.0. The number of hydrogen-bond acceptors (Lipinski definition) is 1. The lowest BCUT2D eigenvalue weighted by atomic mass is 9.79. The maximum atomic E-state index is 4.19. The first-order valence-corrected chi connectivity index (χ1v) is 17.3. The van der Waals surface area contributed by atoms with Gasteiger partial charge in [0.2, 0.25) is 0 Å². The Morgan fingerprint density at radius 1 is 0.857 bits per heavy atom. The van der Waals surface area contributed by atoms with Crippen LogP contribution in [0.15, 0.2) is 164 Å². The van der Waals surface area contributed by atoms with Gasteiger partial charge in [0.15, 0.2) is 0 Å². The van der Waals surface area contributed by atoms with Crippen molar-refractivity contribution in [3.63, 3.8) is 0 Å². The summed E-state index contributed by atoms with van der Waals surface area (Å²) in [6.45, 7) is 17.1. The molecule has 2 heteroatoms. The third-order valence-corrected chi connectivity index (χ3v) is 10.1. The zero-order valence-electron chi connectivity index (χ0n) is 29.0. The third kappa shape index (κ3) is 5.48. The number of aromatic nitrogens is 1. The Balaban J connectivity index is 1.28. The summed E-state index contributed by atoms with van der Waals surface area (Å²) >= 11 is 0. The van der Waals surface area contributed by atoms with E-state index in [9.17, 15) is 0 Å². The lowest BCUT2D eigenvalue weighted by molar-refractivity contribution is 0.647. The van der Waals surface area contributed by atoms with Crippen LogP contribution in [0, 0.1) is 0 Å². The van der Waals surface area contributed by atoms with Gasteiger partial charge < -0.3 is 9.47 Å². The van der Waals surface area contributed by atoms with Crippen LogP contribution in [0.3, 0.4) is 0 Å². The summed E-state index contributed by atoms with van der Waals surface area (Å²) in [5.74, 6) is 0. The smallest absolute Gasteiger partial charge is 0.0566 e. The van der Waals surface area contributed by atoms with Crippen molar-refractivity contribution >= 4 is 34.3 Å². The molecule has 4 aromatic carbocycles. The van der Waals surface area contributed by atoms with E-state index in [0.29, 0.717) is 0 Å². The second-order valence-corrected chi connectivity index (χ2v) is 13.3. The van der Waals surface area contributed by atoms with Crippen molar-refractivity contribution in [2.45, 2.75) is 45.6 Å². The minimum absolute atomic E-state index is 0.00534. The Morgan fingerprint density at radius 2 is 1.59 bits per heavy atom. The predicted molar refractivity (Wildman–Crippen MR) is 213 cm³/mol. The van der Waals surface area contributed by atoms with E-state index in [0.717, 1.165) is 29.2 Å². The molecule has 0 saturated heterocycles. The van der Waals surface area contributed by atoms with Gasteiger partial charge in [0, 0.05) is 33.4 Å². The highest BCUT2D eigenvalue weighted by molar-refractivity contribution is 5.98. The Bertz CT molecular complexity index is 2210. The van der Waals surface area contributed by atoms with Gasteiger partial charge in [0.05, 0.1) is 17.3 Å². The fraction of sp³-hybridized carbons (Fsp3) is 0.149. The zero-order chi connectivity index (χ0) is 34.1. The molecule has 0 saturated carbocycles. The molecule has 0 bridgehead atoms. The molecule has 0 N–H and O–H groups in total. The average Bonchev–Trinajstić information content (AvgIpc) is 3.56. The van der Waals surface area contributed by atoms with Crippen molar-refractivity contribution in [2.75, 3.05) is 4.90 Å². The first-order chi connectivity index (χ1) is 23.9. The monoisotopic (exact) mass is 636 g/mol. The summed E-state index contributed by atoms with van der Waals surface area (Å²) in [6.07, 6.45) is 20.3. The molecule has 0 fully saturated rings. The molecular formula is C47H44N2. The molecule has 2 aliphatic rings. The molecule has 242 valence electrons. The van der Waals surface area contributed by atoms with Crippen LogP contribution < -0.4 is 4.90 Å². The molecule has 1 atom stereocenters. The van der Waals surface area contributed by atoms with Gasteiger partial charge in [-0.05, 0) is 108 Å². The lowest BCUT2D eigenvalue weighted by Gasteiger charge is -2.36. The van der Waals surface area contributed by atoms with Crippen molar-refractivity contribution in [3.05, 3.63) is 186 Å². The number of benzene rings is 4. The first-order valence-electron chi connectivity index (χ1n) is 17.3. The predicted octanol–water partition coefficient (Wildman–Crippen LogP) is 12.5. The second-order valence-electron chi connectivity index (χ2n) is 13.3. The molecule has 1 heterocycles. The van der Waals surface area contributed by atoms with Gasteiger partial charge in [-0.15, -0.1) is 0 Å². The van der Waals surface area contributed by atoms with Crippen molar-refractivity contribution in [1.29, 1.82) is 0 Å². The van der Waals surface area contributed by atoms with E-state index in [1.54, 1.807) is 0 Å². The van der Waals surface area contributed by atoms with Crippen LogP contribution in [0.5, 0.6) is 0 Å². The number of hydrogen-bond donors (Lipinski definition) is 0. The third-order valence-electron chi connectivity index (χ3n) is 10.1. The van der Waals surface area contributed by atoms with Gasteiger partial charge in [-0.2, -0.15) is 0 Å². The highest BCUT2D eigenvalue weighted by atomic mass is 15.2. The van der Waals surface area contributed by atoms with Crippen LogP contribution in [0.4, 0.5) is 5.69 Å². The highest BCUT2D eigenvalue weighted by Gasteiger charge is 2.39. The van der Waals surface area contributed by atoms with E-state index >= 15 is 0 Å². The molecule has 0 amide bonds. The van der Waals surface area contributed by atoms with E-state index in [2.05, 4.69) is 190 Å². The molecule has 2 aliphatic carbocycles. The molecule has 2 nitrogen and oxygen atoms in total. The van der Waals surface area contributed by atoms with Crippen LogP contribution in [0.2, 0.25) is 0 Å². The average molecular weight is 637 g/mol. The highest BCUT2D eigenvalue weighted by Crippen LogP contribution is 2.50. The molecule has 1 aromatic heterocycles. The summed E-state index contributed by atoms with van der Waals surface area (Å²) < 4.78 is 2.31. The largest absolute Gasteiger partial charge is 0.334 e. The van der Waals surface area contributed by atoms with E-state index in [4.69, 9.17) is 0 Å². The molecule has 0 radical (unpaired) electrons. The summed E-state index contributed by atoms with van der Waals surface area (Å²) in [6, 6.07) is 35.5. The standard InChI is InChI=1S/C47H44N2/c1-7-16-35(17-8-2)48(38-28-29-44-41(32-38)39-21-14-15-22-43(39)47(44,5)6)37-26-23-33(24-27-37)34-25-30-46-42(31-34)40(18-9-3)45(10-4)49(46)36-19-12-11-13-20-36/h7-31,38H,1,4,32H2,2-3,5-6H3/b17-8-,18-9-,35-16+. The van der Waals surface area contributed by atoms with Crippen molar-refractivity contribution in [2.24, 2.45) is 0 Å².